The van der Waals surface area contributed by atoms with Crippen LogP contribution in [0.5, 0.6) is 0 Å². The third kappa shape index (κ3) is 4.80. The molecule has 194 valence electrons. The first-order valence-corrected chi connectivity index (χ1v) is 16.8. The average molecular weight is 487 g/mol. The van der Waals surface area contributed by atoms with Crippen LogP contribution in [0, 0.1) is 40.4 Å². The largest absolute Gasteiger partial charge is 0.272 e. The molecule has 3 heteroatoms. The molecule has 2 aliphatic carbocycles. The zero-order chi connectivity index (χ0) is 24.7. The zero-order valence-electron chi connectivity index (χ0n) is 23.8. The van der Waals surface area contributed by atoms with Gasteiger partial charge in [0.2, 0.25) is 0 Å². The van der Waals surface area contributed by atoms with Gasteiger partial charge in [-0.2, -0.15) is 5.10 Å². The van der Waals surface area contributed by atoms with E-state index < -0.39 is 0 Å². The Bertz CT molecular complexity index is 799. The molecule has 2 nitrogen and oxygen atoms in total. The summed E-state index contributed by atoms with van der Waals surface area (Å²) in [5, 5.41) is 4.80. The third-order valence-electron chi connectivity index (χ3n) is 11.1. The lowest BCUT2D eigenvalue weighted by atomic mass is 9.53. The third-order valence-corrected chi connectivity index (χ3v) is 14.6. The minimum atomic E-state index is 0.316. The monoisotopic (exact) mass is 486 g/mol. The van der Waals surface area contributed by atoms with Crippen LogP contribution >= 0.6 is 7.92 Å². The Hall–Kier alpha value is -0.360. The van der Waals surface area contributed by atoms with Crippen LogP contribution in [-0.4, -0.2) is 27.8 Å². The number of aromatic nitrogens is 2. The van der Waals surface area contributed by atoms with E-state index in [0.717, 1.165) is 41.8 Å². The molecule has 9 unspecified atom stereocenters. The van der Waals surface area contributed by atoms with Gasteiger partial charge in [0.15, 0.2) is 0 Å². The maximum Gasteiger partial charge on any atom is 0.0524 e. The van der Waals surface area contributed by atoms with E-state index in [1.165, 1.54) is 37.7 Å². The number of hydrogen-bond acceptors (Lipinski definition) is 1. The maximum atomic E-state index is 4.80. The average Bonchev–Trinajstić information content (AvgIpc) is 3.43. The van der Waals surface area contributed by atoms with Crippen LogP contribution in [0.1, 0.15) is 118 Å². The molecule has 5 rings (SSSR count). The van der Waals surface area contributed by atoms with Crippen LogP contribution < -0.4 is 0 Å². The normalized spacial score (nSPS) is 40.4. The van der Waals surface area contributed by atoms with Crippen molar-refractivity contribution in [1.29, 1.82) is 0 Å². The Labute approximate surface area is 213 Å². The lowest BCUT2D eigenvalue weighted by Crippen LogP contribution is -2.50. The van der Waals surface area contributed by atoms with E-state index in [1.54, 1.807) is 31.6 Å². The zero-order valence-corrected chi connectivity index (χ0v) is 24.7. The molecule has 0 amide bonds. The Balaban J connectivity index is 0.00000133. The highest BCUT2D eigenvalue weighted by atomic mass is 31.1. The maximum absolute atomic E-state index is 4.80. The van der Waals surface area contributed by atoms with Crippen molar-refractivity contribution in [3.63, 3.8) is 0 Å². The van der Waals surface area contributed by atoms with Crippen LogP contribution in [0.4, 0.5) is 0 Å². The van der Waals surface area contributed by atoms with Crippen molar-refractivity contribution in [2.75, 3.05) is 12.3 Å². The SMILES string of the molecule is CC.CCC(C)c1cnn(CC(C)(C)C2CCC3C4CCP5CC(C)CCC5C4CCC32C)c1. The lowest BCUT2D eigenvalue weighted by molar-refractivity contribution is -0.0360. The van der Waals surface area contributed by atoms with E-state index in [0.29, 0.717) is 24.7 Å². The molecule has 2 saturated carbocycles. The Morgan fingerprint density at radius 2 is 1.88 bits per heavy atom. The number of hydrogen-bond donors (Lipinski definition) is 0. The van der Waals surface area contributed by atoms with Crippen molar-refractivity contribution in [2.24, 2.45) is 40.4 Å². The summed E-state index contributed by atoms with van der Waals surface area (Å²) < 4.78 is 2.28. The topological polar surface area (TPSA) is 17.8 Å². The van der Waals surface area contributed by atoms with E-state index >= 15 is 0 Å². The minimum absolute atomic E-state index is 0.316. The van der Waals surface area contributed by atoms with E-state index in [1.807, 2.05) is 13.8 Å². The summed E-state index contributed by atoms with van der Waals surface area (Å²) in [5.41, 5.74) is 3.43. The summed E-state index contributed by atoms with van der Waals surface area (Å²) in [4.78, 5) is 0. The smallest absolute Gasteiger partial charge is 0.0524 e. The van der Waals surface area contributed by atoms with Crippen molar-refractivity contribution >= 4 is 7.92 Å². The van der Waals surface area contributed by atoms with Crippen LogP contribution in [0.2, 0.25) is 0 Å². The molecule has 4 aliphatic rings. The summed E-state index contributed by atoms with van der Waals surface area (Å²) in [7, 11) is 0.353. The molecule has 1 aromatic rings. The highest BCUT2D eigenvalue weighted by Crippen LogP contribution is 2.69. The lowest BCUT2D eigenvalue weighted by Gasteiger charge is -2.57. The second-order valence-electron chi connectivity index (χ2n) is 13.4. The first kappa shape index (κ1) is 26.7. The molecule has 0 N–H and O–H groups in total. The Kier molecular flexibility index (Phi) is 8.29. The summed E-state index contributed by atoms with van der Waals surface area (Å²) >= 11 is 0. The highest BCUT2D eigenvalue weighted by Gasteiger charge is 2.59. The van der Waals surface area contributed by atoms with Gasteiger partial charge in [0, 0.05) is 12.7 Å². The van der Waals surface area contributed by atoms with Gasteiger partial charge in [-0.05, 0) is 121 Å². The van der Waals surface area contributed by atoms with Gasteiger partial charge in [-0.3, -0.25) is 4.68 Å². The predicted molar refractivity (Wildman–Crippen MR) is 150 cm³/mol. The molecule has 2 saturated heterocycles. The summed E-state index contributed by atoms with van der Waals surface area (Å²) in [6.45, 7) is 20.1. The molecule has 2 aliphatic heterocycles. The fourth-order valence-electron chi connectivity index (χ4n) is 9.30. The van der Waals surface area contributed by atoms with E-state index in [9.17, 15) is 0 Å². The fraction of sp³-hybridized carbons (Fsp3) is 0.903. The molecule has 9 atom stereocenters. The number of nitrogens with zero attached hydrogens (tertiary/aromatic N) is 2. The van der Waals surface area contributed by atoms with E-state index in [2.05, 4.69) is 58.6 Å². The quantitative estimate of drug-likeness (QED) is 0.379. The first-order valence-electron chi connectivity index (χ1n) is 15.0. The first-order chi connectivity index (χ1) is 16.2. The van der Waals surface area contributed by atoms with Gasteiger partial charge >= 0.3 is 0 Å². The summed E-state index contributed by atoms with van der Waals surface area (Å²) in [5.74, 6) is 5.61. The van der Waals surface area contributed by atoms with Crippen molar-refractivity contribution in [2.45, 2.75) is 125 Å². The minimum Gasteiger partial charge on any atom is -0.272 e. The molecule has 0 radical (unpaired) electrons. The van der Waals surface area contributed by atoms with Crippen LogP contribution in [0.3, 0.4) is 0 Å². The van der Waals surface area contributed by atoms with Gasteiger partial charge in [-0.25, -0.2) is 0 Å². The number of fused-ring (bicyclic) bond motifs is 5. The van der Waals surface area contributed by atoms with Gasteiger partial charge in [0.25, 0.3) is 0 Å². The van der Waals surface area contributed by atoms with Gasteiger partial charge in [0.1, 0.15) is 0 Å². The molecular formula is C31H55N2P. The molecule has 1 aromatic heterocycles. The van der Waals surface area contributed by atoms with Crippen molar-refractivity contribution in [3.8, 4) is 0 Å². The molecule has 34 heavy (non-hydrogen) atoms. The molecule has 4 fully saturated rings. The van der Waals surface area contributed by atoms with Gasteiger partial charge in [0.05, 0.1) is 6.20 Å². The van der Waals surface area contributed by atoms with Gasteiger partial charge in [-0.1, -0.05) is 55.4 Å². The highest BCUT2D eigenvalue weighted by molar-refractivity contribution is 7.58. The molecule has 3 heterocycles. The summed E-state index contributed by atoms with van der Waals surface area (Å²) in [6.07, 6.45) is 19.5. The van der Waals surface area contributed by atoms with Gasteiger partial charge < -0.3 is 0 Å². The number of rotatable bonds is 5. The second kappa shape index (κ2) is 10.6. The Morgan fingerprint density at radius 1 is 1.12 bits per heavy atom. The predicted octanol–water partition coefficient (Wildman–Crippen LogP) is 9.19. The second-order valence-corrected chi connectivity index (χ2v) is 16.1. The standard InChI is InChI=1S/C29H49N2P.C2H6/c1-7-21(3)22-16-30-31(17-22)19-28(4,5)27-11-9-25-23-13-15-32-18-20(2)8-10-26(32)24(23)12-14-29(25,27)6;1-2/h16-17,20-21,23-27H,7-15,18-19H2,1-6H3;1-2H3. The van der Waals surface area contributed by atoms with Crippen molar-refractivity contribution in [3.05, 3.63) is 18.0 Å². The van der Waals surface area contributed by atoms with Crippen LogP contribution in [0.15, 0.2) is 12.4 Å². The molecular weight excluding hydrogens is 431 g/mol. The van der Waals surface area contributed by atoms with Gasteiger partial charge in [-0.15, -0.1) is 7.92 Å². The van der Waals surface area contributed by atoms with Crippen LogP contribution in [-0.2, 0) is 6.54 Å². The molecule has 0 aromatic carbocycles. The molecule has 0 bridgehead atoms. The van der Waals surface area contributed by atoms with Crippen molar-refractivity contribution in [1.82, 2.24) is 9.78 Å². The summed E-state index contributed by atoms with van der Waals surface area (Å²) in [6, 6.07) is 0. The van der Waals surface area contributed by atoms with E-state index in [-0.39, 0.29) is 0 Å². The fourth-order valence-corrected chi connectivity index (χ4v) is 13.1. The van der Waals surface area contributed by atoms with Crippen LogP contribution in [0.25, 0.3) is 0 Å². The van der Waals surface area contributed by atoms with E-state index in [4.69, 9.17) is 5.10 Å². The van der Waals surface area contributed by atoms with Crippen molar-refractivity contribution < 1.29 is 0 Å². The Morgan fingerprint density at radius 3 is 2.62 bits per heavy atom. The molecule has 0 spiro atoms.